The number of rotatable bonds is 5. The van der Waals surface area contributed by atoms with Gasteiger partial charge in [-0.25, -0.2) is 0 Å². The molecule has 4 rings (SSSR count). The molecule has 1 fully saturated rings. The molecule has 1 aromatic heterocycles. The molecule has 0 unspecified atom stereocenters. The van der Waals surface area contributed by atoms with E-state index in [0.717, 1.165) is 44.4 Å². The first-order chi connectivity index (χ1) is 12.8. The SMILES string of the molecule is OCC1(Cc2ccccc2)CCN(Cc2cccc3cccnc23)CC1. The van der Waals surface area contributed by atoms with Crippen LogP contribution in [-0.4, -0.2) is 34.7 Å². The second kappa shape index (κ2) is 7.56. The Morgan fingerprint density at radius 2 is 1.69 bits per heavy atom. The lowest BCUT2D eigenvalue weighted by atomic mass is 9.74. The van der Waals surface area contributed by atoms with E-state index in [2.05, 4.69) is 64.5 Å². The molecule has 2 aromatic carbocycles. The van der Waals surface area contributed by atoms with Crippen LogP contribution in [0.25, 0.3) is 10.9 Å². The minimum absolute atomic E-state index is 0.0227. The number of aromatic nitrogens is 1. The molecule has 0 saturated carbocycles. The molecule has 1 aliphatic rings. The van der Waals surface area contributed by atoms with Crippen molar-refractivity contribution in [3.63, 3.8) is 0 Å². The smallest absolute Gasteiger partial charge is 0.0746 e. The van der Waals surface area contributed by atoms with Gasteiger partial charge in [0.15, 0.2) is 0 Å². The van der Waals surface area contributed by atoms with Gasteiger partial charge in [0.05, 0.1) is 5.52 Å². The largest absolute Gasteiger partial charge is 0.396 e. The van der Waals surface area contributed by atoms with Crippen LogP contribution in [0.3, 0.4) is 0 Å². The van der Waals surface area contributed by atoms with Crippen molar-refractivity contribution in [3.05, 3.63) is 78.0 Å². The van der Waals surface area contributed by atoms with Crippen molar-refractivity contribution in [2.24, 2.45) is 5.41 Å². The molecule has 1 aliphatic heterocycles. The first kappa shape index (κ1) is 17.2. The highest BCUT2D eigenvalue weighted by molar-refractivity contribution is 5.81. The minimum Gasteiger partial charge on any atom is -0.396 e. The third kappa shape index (κ3) is 3.64. The predicted octanol–water partition coefficient (Wildman–Crippen LogP) is 4.05. The predicted molar refractivity (Wildman–Crippen MR) is 106 cm³/mol. The zero-order chi connectivity index (χ0) is 17.8. The van der Waals surface area contributed by atoms with Crippen molar-refractivity contribution in [1.82, 2.24) is 9.88 Å². The molecule has 3 nitrogen and oxygen atoms in total. The van der Waals surface area contributed by atoms with Gasteiger partial charge in [-0.05, 0) is 55.0 Å². The van der Waals surface area contributed by atoms with Crippen LogP contribution >= 0.6 is 0 Å². The maximum absolute atomic E-state index is 10.1. The highest BCUT2D eigenvalue weighted by Gasteiger charge is 2.34. The van der Waals surface area contributed by atoms with E-state index in [0.29, 0.717) is 0 Å². The Balaban J connectivity index is 1.44. The lowest BCUT2D eigenvalue weighted by molar-refractivity contribution is 0.0415. The van der Waals surface area contributed by atoms with Crippen molar-refractivity contribution in [3.8, 4) is 0 Å². The maximum atomic E-state index is 10.1. The molecule has 0 amide bonds. The number of pyridine rings is 1. The molecule has 0 atom stereocenters. The quantitative estimate of drug-likeness (QED) is 0.757. The molecule has 134 valence electrons. The van der Waals surface area contributed by atoms with E-state index in [4.69, 9.17) is 0 Å². The van der Waals surface area contributed by atoms with Crippen LogP contribution in [-0.2, 0) is 13.0 Å². The fraction of sp³-hybridized carbons (Fsp3) is 0.348. The summed E-state index contributed by atoms with van der Waals surface area (Å²) in [6.07, 6.45) is 4.92. The summed E-state index contributed by atoms with van der Waals surface area (Å²) in [6, 6.07) is 21.1. The molecular weight excluding hydrogens is 320 g/mol. The monoisotopic (exact) mass is 346 g/mol. The van der Waals surface area contributed by atoms with Gasteiger partial charge in [-0.1, -0.05) is 54.6 Å². The summed E-state index contributed by atoms with van der Waals surface area (Å²) in [5, 5.41) is 11.3. The highest BCUT2D eigenvalue weighted by Crippen LogP contribution is 2.35. The summed E-state index contributed by atoms with van der Waals surface area (Å²) in [4.78, 5) is 7.08. The molecule has 0 spiro atoms. The van der Waals surface area contributed by atoms with Crippen LogP contribution < -0.4 is 0 Å². The number of piperidine rings is 1. The van der Waals surface area contributed by atoms with Crippen LogP contribution in [0.15, 0.2) is 66.9 Å². The molecule has 26 heavy (non-hydrogen) atoms. The molecule has 3 aromatic rings. The Morgan fingerprint density at radius 1 is 0.923 bits per heavy atom. The van der Waals surface area contributed by atoms with Crippen LogP contribution in [0.2, 0.25) is 0 Å². The summed E-state index contributed by atoms with van der Waals surface area (Å²) in [5.41, 5.74) is 3.75. The van der Waals surface area contributed by atoms with Gasteiger partial charge in [0.25, 0.3) is 0 Å². The van der Waals surface area contributed by atoms with E-state index in [1.165, 1.54) is 16.5 Å². The number of likely N-dealkylation sites (tertiary alicyclic amines) is 1. The minimum atomic E-state index is 0.0227. The molecule has 3 heteroatoms. The molecule has 1 saturated heterocycles. The fourth-order valence-electron chi connectivity index (χ4n) is 4.14. The number of benzene rings is 2. The number of hydrogen-bond acceptors (Lipinski definition) is 3. The van der Waals surface area contributed by atoms with E-state index in [9.17, 15) is 5.11 Å². The topological polar surface area (TPSA) is 36.4 Å². The first-order valence-corrected chi connectivity index (χ1v) is 9.48. The Hall–Kier alpha value is -2.23. The van der Waals surface area contributed by atoms with Crippen LogP contribution in [0.5, 0.6) is 0 Å². The van der Waals surface area contributed by atoms with Crippen LogP contribution in [0.1, 0.15) is 24.0 Å². The van der Waals surface area contributed by atoms with Crippen LogP contribution in [0, 0.1) is 5.41 Å². The summed E-state index contributed by atoms with van der Waals surface area (Å²) >= 11 is 0. The molecule has 0 aliphatic carbocycles. The van der Waals surface area contributed by atoms with E-state index in [1.54, 1.807) is 0 Å². The molecule has 0 bridgehead atoms. The highest BCUT2D eigenvalue weighted by atomic mass is 16.3. The summed E-state index contributed by atoms with van der Waals surface area (Å²) < 4.78 is 0. The molecule has 0 radical (unpaired) electrons. The van der Waals surface area contributed by atoms with E-state index < -0.39 is 0 Å². The lowest BCUT2D eigenvalue weighted by Gasteiger charge is -2.41. The van der Waals surface area contributed by atoms with Crippen LogP contribution in [0.4, 0.5) is 0 Å². The standard InChI is InChI=1S/C23H26N2O/c26-18-23(16-19-6-2-1-3-7-19)11-14-25(15-12-23)17-21-9-4-8-20-10-5-13-24-22(20)21/h1-10,13,26H,11-12,14-18H2. The molecule has 1 N–H and O–H groups in total. The van der Waals surface area contributed by atoms with Gasteiger partial charge in [0, 0.05) is 24.7 Å². The van der Waals surface area contributed by atoms with Crippen molar-refractivity contribution in [2.75, 3.05) is 19.7 Å². The second-order valence-electron chi connectivity index (χ2n) is 7.59. The number of fused-ring (bicyclic) bond motifs is 1. The summed E-state index contributed by atoms with van der Waals surface area (Å²) in [6.45, 7) is 3.25. The Kier molecular flexibility index (Phi) is 5.00. The van der Waals surface area contributed by atoms with Crippen molar-refractivity contribution < 1.29 is 5.11 Å². The summed E-state index contributed by atoms with van der Waals surface area (Å²) in [7, 11) is 0. The van der Waals surface area contributed by atoms with E-state index >= 15 is 0 Å². The average molecular weight is 346 g/mol. The van der Waals surface area contributed by atoms with E-state index in [-0.39, 0.29) is 12.0 Å². The van der Waals surface area contributed by atoms with Gasteiger partial charge in [-0.2, -0.15) is 0 Å². The average Bonchev–Trinajstić information content (AvgIpc) is 2.71. The van der Waals surface area contributed by atoms with Gasteiger partial charge in [-0.15, -0.1) is 0 Å². The fourth-order valence-corrected chi connectivity index (χ4v) is 4.14. The third-order valence-corrected chi connectivity index (χ3v) is 5.78. The second-order valence-corrected chi connectivity index (χ2v) is 7.59. The zero-order valence-corrected chi connectivity index (χ0v) is 15.1. The van der Waals surface area contributed by atoms with Gasteiger partial charge in [-0.3, -0.25) is 9.88 Å². The number of aliphatic hydroxyl groups excluding tert-OH is 1. The van der Waals surface area contributed by atoms with Crippen molar-refractivity contribution in [2.45, 2.75) is 25.8 Å². The number of aliphatic hydroxyl groups is 1. The number of nitrogens with zero attached hydrogens (tertiary/aromatic N) is 2. The van der Waals surface area contributed by atoms with Gasteiger partial charge < -0.3 is 5.11 Å². The summed E-state index contributed by atoms with van der Waals surface area (Å²) in [5.74, 6) is 0. The zero-order valence-electron chi connectivity index (χ0n) is 15.1. The third-order valence-electron chi connectivity index (χ3n) is 5.78. The molecule has 2 heterocycles. The van der Waals surface area contributed by atoms with Crippen molar-refractivity contribution in [1.29, 1.82) is 0 Å². The van der Waals surface area contributed by atoms with Gasteiger partial charge in [0.2, 0.25) is 0 Å². The Bertz CT molecular complexity index is 849. The Labute approximate surface area is 155 Å². The Morgan fingerprint density at radius 3 is 2.46 bits per heavy atom. The van der Waals surface area contributed by atoms with Gasteiger partial charge >= 0.3 is 0 Å². The number of para-hydroxylation sites is 1. The van der Waals surface area contributed by atoms with E-state index in [1.807, 2.05) is 12.3 Å². The lowest BCUT2D eigenvalue weighted by Crippen LogP contribution is -2.42. The molecular formula is C23H26N2O. The van der Waals surface area contributed by atoms with Gasteiger partial charge in [0.1, 0.15) is 0 Å². The maximum Gasteiger partial charge on any atom is 0.0746 e. The van der Waals surface area contributed by atoms with Crippen molar-refractivity contribution >= 4 is 10.9 Å². The first-order valence-electron chi connectivity index (χ1n) is 9.48. The normalized spacial score (nSPS) is 17.4. The number of hydrogen-bond donors (Lipinski definition) is 1.